The topological polar surface area (TPSA) is 84.5 Å². The first-order valence-corrected chi connectivity index (χ1v) is 10.1. The first-order valence-electron chi connectivity index (χ1n) is 7.81. The number of rotatable bonds is 5. The van der Waals surface area contributed by atoms with Crippen LogP contribution in [0.25, 0.3) is 0 Å². The van der Waals surface area contributed by atoms with E-state index in [1.165, 1.54) is 12.1 Å². The van der Waals surface area contributed by atoms with Crippen LogP contribution in [0.5, 0.6) is 5.75 Å². The van der Waals surface area contributed by atoms with Gasteiger partial charge >= 0.3 is 0 Å². The zero-order chi connectivity index (χ0) is 19.5. The van der Waals surface area contributed by atoms with Gasteiger partial charge < -0.3 is 10.1 Å². The van der Waals surface area contributed by atoms with E-state index >= 15 is 0 Å². The molecule has 0 atom stereocenters. The third-order valence-electron chi connectivity index (χ3n) is 3.28. The normalized spacial score (nSPS) is 11.9. The molecule has 0 fully saturated rings. The summed E-state index contributed by atoms with van der Waals surface area (Å²) in [6.07, 6.45) is 0. The number of hydrogen-bond acceptors (Lipinski definition) is 4. The summed E-state index contributed by atoms with van der Waals surface area (Å²) in [7, 11) is -2.18. The number of benzene rings is 2. The molecular formula is C18H21BrN2O4S. The second-order valence-corrected chi connectivity index (χ2v) is 9.22. The summed E-state index contributed by atoms with van der Waals surface area (Å²) in [5.74, 6) is 0.250. The molecule has 8 heteroatoms. The fourth-order valence-electron chi connectivity index (χ4n) is 2.18. The molecule has 0 bridgehead atoms. The largest absolute Gasteiger partial charge is 0.497 e. The van der Waals surface area contributed by atoms with E-state index in [9.17, 15) is 13.2 Å². The lowest BCUT2D eigenvalue weighted by atomic mass is 10.1. The van der Waals surface area contributed by atoms with Crippen LogP contribution in [0, 0.1) is 0 Å². The van der Waals surface area contributed by atoms with E-state index in [2.05, 4.69) is 26.0 Å². The summed E-state index contributed by atoms with van der Waals surface area (Å²) >= 11 is 3.30. The Bertz CT molecular complexity index is 904. The first kappa shape index (κ1) is 20.4. The predicted octanol–water partition coefficient (Wildman–Crippen LogP) is 3.79. The molecule has 140 valence electrons. The van der Waals surface area contributed by atoms with Crippen LogP contribution in [0.15, 0.2) is 51.8 Å². The van der Waals surface area contributed by atoms with Gasteiger partial charge in [-0.05, 0) is 79.2 Å². The molecule has 6 nitrogen and oxygen atoms in total. The maximum atomic E-state index is 12.6. The van der Waals surface area contributed by atoms with Crippen molar-refractivity contribution in [3.63, 3.8) is 0 Å². The Morgan fingerprint density at radius 1 is 1.08 bits per heavy atom. The summed E-state index contributed by atoms with van der Waals surface area (Å²) in [4.78, 5) is 12.6. The van der Waals surface area contributed by atoms with Gasteiger partial charge in [0.2, 0.25) is 10.0 Å². The van der Waals surface area contributed by atoms with E-state index < -0.39 is 21.5 Å². The second-order valence-electron chi connectivity index (χ2n) is 6.68. The number of halogens is 1. The number of sulfonamides is 1. The third-order valence-corrected chi connectivity index (χ3v) is 5.73. The summed E-state index contributed by atoms with van der Waals surface area (Å²) in [6, 6.07) is 11.2. The molecule has 0 aliphatic rings. The van der Waals surface area contributed by atoms with E-state index in [1.54, 1.807) is 58.2 Å². The van der Waals surface area contributed by atoms with Crippen LogP contribution in [-0.4, -0.2) is 27.0 Å². The van der Waals surface area contributed by atoms with Crippen LogP contribution < -0.4 is 14.8 Å². The number of anilines is 1. The van der Waals surface area contributed by atoms with E-state index in [0.717, 1.165) is 0 Å². The molecule has 26 heavy (non-hydrogen) atoms. The molecule has 0 heterocycles. The van der Waals surface area contributed by atoms with Crippen LogP contribution >= 0.6 is 15.9 Å². The molecule has 0 saturated carbocycles. The van der Waals surface area contributed by atoms with Crippen LogP contribution in [-0.2, 0) is 10.0 Å². The number of hydrogen-bond donors (Lipinski definition) is 2. The smallest absolute Gasteiger partial charge is 0.256 e. The monoisotopic (exact) mass is 440 g/mol. The van der Waals surface area contributed by atoms with E-state index in [0.29, 0.717) is 15.9 Å². The van der Waals surface area contributed by atoms with Crippen molar-refractivity contribution < 1.29 is 17.9 Å². The minimum atomic E-state index is -3.74. The van der Waals surface area contributed by atoms with Gasteiger partial charge in [0.05, 0.1) is 17.6 Å². The highest BCUT2D eigenvalue weighted by Gasteiger charge is 2.23. The van der Waals surface area contributed by atoms with Gasteiger partial charge in [-0.25, -0.2) is 13.1 Å². The minimum Gasteiger partial charge on any atom is -0.497 e. The van der Waals surface area contributed by atoms with Crippen LogP contribution in [0.1, 0.15) is 31.1 Å². The van der Waals surface area contributed by atoms with Gasteiger partial charge in [0, 0.05) is 15.7 Å². The molecule has 0 unspecified atom stereocenters. The maximum Gasteiger partial charge on any atom is 0.256 e. The summed E-state index contributed by atoms with van der Waals surface area (Å²) in [5.41, 5.74) is 0.165. The first-order chi connectivity index (χ1) is 12.0. The van der Waals surface area contributed by atoms with Crippen molar-refractivity contribution in [2.75, 3.05) is 12.4 Å². The van der Waals surface area contributed by atoms with E-state index in [1.807, 2.05) is 0 Å². The molecular weight excluding hydrogens is 420 g/mol. The standard InChI is InChI=1S/C18H21BrN2O4S/c1-18(2,3)21-26(23,24)14-9-10-16(19)15(11-14)17(22)20-12-5-7-13(25-4)8-6-12/h5-11,21H,1-4H3,(H,20,22). The van der Waals surface area contributed by atoms with E-state index in [4.69, 9.17) is 4.74 Å². The zero-order valence-corrected chi connectivity index (χ0v) is 17.4. The third kappa shape index (κ3) is 5.30. The van der Waals surface area contributed by atoms with Gasteiger partial charge in [-0.15, -0.1) is 0 Å². The Balaban J connectivity index is 2.29. The molecule has 2 aromatic carbocycles. The number of nitrogens with one attached hydrogen (secondary N) is 2. The zero-order valence-electron chi connectivity index (χ0n) is 15.0. The van der Waals surface area contributed by atoms with Crippen molar-refractivity contribution in [1.29, 1.82) is 0 Å². The second kappa shape index (κ2) is 7.77. The quantitative estimate of drug-likeness (QED) is 0.740. The predicted molar refractivity (Wildman–Crippen MR) is 105 cm³/mol. The Morgan fingerprint density at radius 3 is 2.23 bits per heavy atom. The average molecular weight is 441 g/mol. The lowest BCUT2D eigenvalue weighted by molar-refractivity contribution is 0.102. The molecule has 0 radical (unpaired) electrons. The van der Waals surface area contributed by atoms with E-state index in [-0.39, 0.29) is 10.5 Å². The Labute approximate surface area is 162 Å². The van der Waals surface area contributed by atoms with Gasteiger partial charge in [0.25, 0.3) is 5.91 Å². The summed E-state index contributed by atoms with van der Waals surface area (Å²) < 4.78 is 33.1. The highest BCUT2D eigenvalue weighted by molar-refractivity contribution is 9.10. The molecule has 1 amide bonds. The highest BCUT2D eigenvalue weighted by atomic mass is 79.9. The maximum absolute atomic E-state index is 12.6. The van der Waals surface area contributed by atoms with Crippen LogP contribution in [0.2, 0.25) is 0 Å². The van der Waals surface area contributed by atoms with Gasteiger partial charge in [-0.3, -0.25) is 4.79 Å². The molecule has 0 spiro atoms. The van der Waals surface area contributed by atoms with Gasteiger partial charge in [0.15, 0.2) is 0 Å². The number of ether oxygens (including phenoxy) is 1. The number of carbonyl (C=O) groups is 1. The molecule has 0 saturated heterocycles. The summed E-state index contributed by atoms with van der Waals surface area (Å²) in [5, 5.41) is 2.74. The fraction of sp³-hybridized carbons (Fsp3) is 0.278. The van der Waals surface area contributed by atoms with Crippen molar-refractivity contribution in [2.24, 2.45) is 0 Å². The van der Waals surface area contributed by atoms with Gasteiger partial charge in [-0.2, -0.15) is 0 Å². The molecule has 2 aromatic rings. The van der Waals surface area contributed by atoms with Gasteiger partial charge in [-0.1, -0.05) is 0 Å². The van der Waals surface area contributed by atoms with Crippen molar-refractivity contribution in [2.45, 2.75) is 31.2 Å². The van der Waals surface area contributed by atoms with Crippen molar-refractivity contribution in [3.8, 4) is 5.75 Å². The molecule has 2 rings (SSSR count). The SMILES string of the molecule is COc1ccc(NC(=O)c2cc(S(=O)(=O)NC(C)(C)C)ccc2Br)cc1. The van der Waals surface area contributed by atoms with Crippen LogP contribution in [0.3, 0.4) is 0 Å². The summed E-state index contributed by atoms with van der Waals surface area (Å²) in [6.45, 7) is 5.25. The van der Waals surface area contributed by atoms with Crippen LogP contribution in [0.4, 0.5) is 5.69 Å². The fourth-order valence-corrected chi connectivity index (χ4v) is 4.05. The minimum absolute atomic E-state index is 0.0236. The molecule has 0 aromatic heterocycles. The average Bonchev–Trinajstić information content (AvgIpc) is 2.53. The Hall–Kier alpha value is -1.90. The lowest BCUT2D eigenvalue weighted by Crippen LogP contribution is -2.40. The number of carbonyl (C=O) groups excluding carboxylic acids is 1. The van der Waals surface area contributed by atoms with Crippen molar-refractivity contribution >= 4 is 37.5 Å². The molecule has 2 N–H and O–H groups in total. The molecule has 0 aliphatic heterocycles. The number of amides is 1. The Kier molecular flexibility index (Phi) is 6.10. The highest BCUT2D eigenvalue weighted by Crippen LogP contribution is 2.24. The van der Waals surface area contributed by atoms with Crippen molar-refractivity contribution in [1.82, 2.24) is 4.72 Å². The lowest BCUT2D eigenvalue weighted by Gasteiger charge is -2.20. The number of methoxy groups -OCH3 is 1. The Morgan fingerprint density at radius 2 is 1.69 bits per heavy atom. The van der Waals surface area contributed by atoms with Gasteiger partial charge in [0.1, 0.15) is 5.75 Å². The van der Waals surface area contributed by atoms with Crippen molar-refractivity contribution in [3.05, 3.63) is 52.5 Å². The molecule has 0 aliphatic carbocycles.